The van der Waals surface area contributed by atoms with Gasteiger partial charge in [0.15, 0.2) is 5.65 Å². The predicted octanol–water partition coefficient (Wildman–Crippen LogP) is 2.03. The van der Waals surface area contributed by atoms with Crippen molar-refractivity contribution in [1.29, 1.82) is 0 Å². The number of hydrogen-bond acceptors (Lipinski definition) is 3. The summed E-state index contributed by atoms with van der Waals surface area (Å²) in [7, 11) is 0. The van der Waals surface area contributed by atoms with Gasteiger partial charge in [-0.05, 0) is 13.0 Å². The zero-order chi connectivity index (χ0) is 12.8. The highest BCUT2D eigenvalue weighted by Crippen LogP contribution is 2.24. The van der Waals surface area contributed by atoms with Gasteiger partial charge in [-0.2, -0.15) is 5.10 Å². The van der Waals surface area contributed by atoms with E-state index in [0.717, 1.165) is 11.4 Å². The molecule has 0 saturated carbocycles. The van der Waals surface area contributed by atoms with Crippen molar-refractivity contribution in [2.45, 2.75) is 33.1 Å². The summed E-state index contributed by atoms with van der Waals surface area (Å²) in [5, 5.41) is 13.2. The zero-order valence-electron chi connectivity index (χ0n) is 10.4. The van der Waals surface area contributed by atoms with Crippen molar-refractivity contribution in [3.63, 3.8) is 0 Å². The van der Waals surface area contributed by atoms with Crippen LogP contribution in [0.1, 0.15) is 42.5 Å². The molecule has 2 heterocycles. The van der Waals surface area contributed by atoms with E-state index in [1.54, 1.807) is 4.52 Å². The summed E-state index contributed by atoms with van der Waals surface area (Å²) in [4.78, 5) is 15.3. The lowest BCUT2D eigenvalue weighted by Crippen LogP contribution is -2.18. The second-order valence-electron chi connectivity index (χ2n) is 5.13. The average molecular weight is 233 g/mol. The SMILES string of the molecule is Cc1cc(C(C)(C)C)n2ncc(C(=O)O)c2n1. The van der Waals surface area contributed by atoms with Crippen LogP contribution in [0.25, 0.3) is 5.65 Å². The lowest BCUT2D eigenvalue weighted by Gasteiger charge is -2.20. The fourth-order valence-corrected chi connectivity index (χ4v) is 1.77. The van der Waals surface area contributed by atoms with Crippen LogP contribution in [0.5, 0.6) is 0 Å². The van der Waals surface area contributed by atoms with Crippen molar-refractivity contribution in [2.24, 2.45) is 0 Å². The topological polar surface area (TPSA) is 67.5 Å². The molecule has 0 aromatic carbocycles. The van der Waals surface area contributed by atoms with Gasteiger partial charge < -0.3 is 5.11 Å². The highest BCUT2D eigenvalue weighted by Gasteiger charge is 2.22. The van der Waals surface area contributed by atoms with Crippen LogP contribution in [0.2, 0.25) is 0 Å². The van der Waals surface area contributed by atoms with Crippen molar-refractivity contribution in [3.8, 4) is 0 Å². The Balaban J connectivity index is 2.84. The summed E-state index contributed by atoms with van der Waals surface area (Å²) in [5.41, 5.74) is 2.17. The predicted molar refractivity (Wildman–Crippen MR) is 63.4 cm³/mol. The maximum atomic E-state index is 11.1. The quantitative estimate of drug-likeness (QED) is 0.818. The van der Waals surface area contributed by atoms with Crippen molar-refractivity contribution >= 4 is 11.6 Å². The molecule has 0 atom stereocenters. The van der Waals surface area contributed by atoms with Crippen molar-refractivity contribution in [3.05, 3.63) is 29.2 Å². The number of aromatic carboxylic acids is 1. The number of aryl methyl sites for hydroxylation is 1. The van der Waals surface area contributed by atoms with E-state index < -0.39 is 5.97 Å². The van der Waals surface area contributed by atoms with E-state index >= 15 is 0 Å². The largest absolute Gasteiger partial charge is 0.477 e. The molecule has 5 heteroatoms. The first-order valence-electron chi connectivity index (χ1n) is 5.40. The Kier molecular flexibility index (Phi) is 2.41. The summed E-state index contributed by atoms with van der Waals surface area (Å²) < 4.78 is 1.61. The molecule has 0 radical (unpaired) electrons. The first kappa shape index (κ1) is 11.6. The van der Waals surface area contributed by atoms with Gasteiger partial charge in [-0.3, -0.25) is 0 Å². The Morgan fingerprint density at radius 1 is 1.41 bits per heavy atom. The lowest BCUT2D eigenvalue weighted by atomic mass is 9.91. The first-order chi connectivity index (χ1) is 7.80. The van der Waals surface area contributed by atoms with E-state index in [9.17, 15) is 4.79 Å². The van der Waals surface area contributed by atoms with Gasteiger partial charge in [0.25, 0.3) is 0 Å². The van der Waals surface area contributed by atoms with Crippen LogP contribution in [0, 0.1) is 6.92 Å². The summed E-state index contributed by atoms with van der Waals surface area (Å²) in [6.45, 7) is 8.03. The Morgan fingerprint density at radius 2 is 2.06 bits per heavy atom. The molecule has 2 aromatic rings. The molecule has 0 bridgehead atoms. The van der Waals surface area contributed by atoms with Crippen LogP contribution in [-0.2, 0) is 5.41 Å². The number of aromatic nitrogens is 3. The number of nitrogens with zero attached hydrogens (tertiary/aromatic N) is 3. The minimum Gasteiger partial charge on any atom is -0.477 e. The van der Waals surface area contributed by atoms with Gasteiger partial charge >= 0.3 is 5.97 Å². The molecule has 0 aliphatic rings. The van der Waals surface area contributed by atoms with Crippen LogP contribution in [0.3, 0.4) is 0 Å². The third kappa shape index (κ3) is 1.88. The minimum atomic E-state index is -1.00. The van der Waals surface area contributed by atoms with E-state index in [-0.39, 0.29) is 11.0 Å². The monoisotopic (exact) mass is 233 g/mol. The van der Waals surface area contributed by atoms with E-state index in [1.165, 1.54) is 6.20 Å². The zero-order valence-corrected chi connectivity index (χ0v) is 10.4. The standard InChI is InChI=1S/C12H15N3O2/c1-7-5-9(12(2,3)4)15-10(14-7)8(6-13-15)11(16)17/h5-6H,1-4H3,(H,16,17). The molecule has 0 aliphatic carbocycles. The number of carbonyl (C=O) groups is 1. The van der Waals surface area contributed by atoms with E-state index in [2.05, 4.69) is 30.9 Å². The van der Waals surface area contributed by atoms with Crippen molar-refractivity contribution < 1.29 is 9.90 Å². The minimum absolute atomic E-state index is 0.117. The van der Waals surface area contributed by atoms with Crippen LogP contribution in [-0.4, -0.2) is 25.7 Å². The van der Waals surface area contributed by atoms with E-state index in [0.29, 0.717) is 5.65 Å². The fraction of sp³-hybridized carbons (Fsp3) is 0.417. The van der Waals surface area contributed by atoms with Crippen LogP contribution in [0.15, 0.2) is 12.3 Å². The van der Waals surface area contributed by atoms with Gasteiger partial charge in [0, 0.05) is 11.1 Å². The maximum absolute atomic E-state index is 11.1. The maximum Gasteiger partial charge on any atom is 0.341 e. The Labute approximate surface area is 99.1 Å². The van der Waals surface area contributed by atoms with Gasteiger partial charge in [-0.15, -0.1) is 0 Å². The Morgan fingerprint density at radius 3 is 2.59 bits per heavy atom. The van der Waals surface area contributed by atoms with Crippen LogP contribution < -0.4 is 0 Å². The highest BCUT2D eigenvalue weighted by molar-refractivity contribution is 5.94. The van der Waals surface area contributed by atoms with Gasteiger partial charge in [-0.1, -0.05) is 20.8 Å². The van der Waals surface area contributed by atoms with Crippen LogP contribution >= 0.6 is 0 Å². The Bertz CT molecular complexity index is 594. The van der Waals surface area contributed by atoms with Gasteiger partial charge in [0.2, 0.25) is 0 Å². The normalized spacial score (nSPS) is 12.0. The third-order valence-corrected chi connectivity index (χ3v) is 2.60. The summed E-state index contributed by atoms with van der Waals surface area (Å²) >= 11 is 0. The summed E-state index contributed by atoms with van der Waals surface area (Å²) in [6, 6.07) is 1.94. The molecule has 0 amide bonds. The molecule has 2 rings (SSSR count). The van der Waals surface area contributed by atoms with E-state index in [1.807, 2.05) is 13.0 Å². The molecule has 0 spiro atoms. The third-order valence-electron chi connectivity index (χ3n) is 2.60. The molecule has 0 saturated heterocycles. The molecule has 90 valence electrons. The number of carboxylic acid groups (broad SMARTS) is 1. The first-order valence-corrected chi connectivity index (χ1v) is 5.40. The van der Waals surface area contributed by atoms with Gasteiger partial charge in [0.05, 0.1) is 11.9 Å². The molecular weight excluding hydrogens is 218 g/mol. The molecule has 5 nitrogen and oxygen atoms in total. The summed E-state index contributed by atoms with van der Waals surface area (Å²) in [5.74, 6) is -1.00. The number of rotatable bonds is 1. The fourth-order valence-electron chi connectivity index (χ4n) is 1.77. The molecule has 2 aromatic heterocycles. The van der Waals surface area contributed by atoms with Crippen LogP contribution in [0.4, 0.5) is 0 Å². The molecular formula is C12H15N3O2. The highest BCUT2D eigenvalue weighted by atomic mass is 16.4. The second-order valence-corrected chi connectivity index (χ2v) is 5.13. The smallest absolute Gasteiger partial charge is 0.341 e. The number of carboxylic acids is 1. The van der Waals surface area contributed by atoms with Crippen molar-refractivity contribution in [1.82, 2.24) is 14.6 Å². The molecule has 0 aliphatic heterocycles. The second kappa shape index (κ2) is 3.55. The molecule has 17 heavy (non-hydrogen) atoms. The van der Waals surface area contributed by atoms with E-state index in [4.69, 9.17) is 5.11 Å². The lowest BCUT2D eigenvalue weighted by molar-refractivity contribution is 0.0698. The summed E-state index contributed by atoms with van der Waals surface area (Å²) in [6.07, 6.45) is 1.35. The van der Waals surface area contributed by atoms with Crippen molar-refractivity contribution in [2.75, 3.05) is 0 Å². The Hall–Kier alpha value is -1.91. The molecule has 0 unspecified atom stereocenters. The number of fused-ring (bicyclic) bond motifs is 1. The molecule has 0 fully saturated rings. The van der Waals surface area contributed by atoms with Gasteiger partial charge in [0.1, 0.15) is 5.56 Å². The number of hydrogen-bond donors (Lipinski definition) is 1. The molecule has 1 N–H and O–H groups in total. The average Bonchev–Trinajstić information content (AvgIpc) is 2.57. The van der Waals surface area contributed by atoms with Gasteiger partial charge in [-0.25, -0.2) is 14.3 Å².